The molecule has 36 heavy (non-hydrogen) atoms. The first kappa shape index (κ1) is 25.8. The lowest BCUT2D eigenvalue weighted by Gasteiger charge is -2.15. The number of benzene rings is 2. The number of fused-ring (bicyclic) bond motifs is 1. The average molecular weight is 598 g/mol. The summed E-state index contributed by atoms with van der Waals surface area (Å²) >= 11 is 15.3. The summed E-state index contributed by atoms with van der Waals surface area (Å²) in [6.45, 7) is -0.303. The van der Waals surface area contributed by atoms with E-state index in [-0.39, 0.29) is 41.0 Å². The van der Waals surface area contributed by atoms with Crippen molar-refractivity contribution in [2.75, 3.05) is 12.0 Å². The number of anilines is 1. The van der Waals surface area contributed by atoms with Crippen molar-refractivity contribution in [3.8, 4) is 11.5 Å². The molecule has 0 saturated carbocycles. The lowest BCUT2D eigenvalue weighted by Crippen LogP contribution is -2.30. The Labute approximate surface area is 221 Å². The predicted molar refractivity (Wildman–Crippen MR) is 141 cm³/mol. The molecule has 0 bridgehead atoms. The number of ether oxygens (including phenoxy) is 1. The van der Waals surface area contributed by atoms with E-state index >= 15 is 0 Å². The molecule has 4 aromatic rings. The van der Waals surface area contributed by atoms with E-state index in [1.807, 2.05) is 0 Å². The van der Waals surface area contributed by atoms with Gasteiger partial charge in [0.25, 0.3) is 5.56 Å². The zero-order valence-corrected chi connectivity index (χ0v) is 21.7. The van der Waals surface area contributed by atoms with E-state index in [0.29, 0.717) is 16.3 Å². The van der Waals surface area contributed by atoms with Gasteiger partial charge in [-0.15, -0.1) is 0 Å². The van der Waals surface area contributed by atoms with E-state index < -0.39 is 17.4 Å². The van der Waals surface area contributed by atoms with Gasteiger partial charge in [-0.05, 0) is 36.4 Å². The van der Waals surface area contributed by atoms with Crippen molar-refractivity contribution in [3.05, 3.63) is 77.3 Å². The van der Waals surface area contributed by atoms with E-state index in [0.717, 1.165) is 4.47 Å². The Kier molecular flexibility index (Phi) is 7.69. The van der Waals surface area contributed by atoms with Crippen LogP contribution < -0.4 is 21.4 Å². The number of imidazole rings is 1. The zero-order valence-electron chi connectivity index (χ0n) is 18.6. The molecule has 2 heterocycles. The first-order valence-electron chi connectivity index (χ1n) is 10.4. The van der Waals surface area contributed by atoms with Gasteiger partial charge < -0.3 is 19.5 Å². The molecule has 0 aliphatic heterocycles. The summed E-state index contributed by atoms with van der Waals surface area (Å²) in [5, 5.41) is 25.5. The molecule has 4 rings (SSSR count). The average Bonchev–Trinajstić information content (AvgIpc) is 3.18. The molecule has 0 aliphatic carbocycles. The minimum atomic E-state index is -1.11. The first-order valence-corrected chi connectivity index (χ1v) is 11.9. The smallest absolute Gasteiger partial charge is 0.329 e. The van der Waals surface area contributed by atoms with Crippen LogP contribution in [0.5, 0.6) is 11.5 Å². The molecule has 14 heteroatoms. The molecular formula is C22H19BrCl2N6O5. The molecule has 0 aliphatic rings. The summed E-state index contributed by atoms with van der Waals surface area (Å²) in [5.41, 5.74) is 1.92. The molecule has 0 saturated heterocycles. The molecule has 2 aromatic carbocycles. The number of aliphatic hydroxyl groups excluding tert-OH is 1. The lowest BCUT2D eigenvalue weighted by atomic mass is 10.2. The van der Waals surface area contributed by atoms with Crippen LogP contribution in [0.3, 0.4) is 0 Å². The number of nitrogens with zero attached hydrogens (tertiary/aromatic N) is 4. The molecule has 4 N–H and O–H groups in total. The summed E-state index contributed by atoms with van der Waals surface area (Å²) in [5.74, 6) is 0.406. The molecule has 11 nitrogen and oxygen atoms in total. The monoisotopic (exact) mass is 596 g/mol. The molecule has 1 atom stereocenters. The zero-order chi connectivity index (χ0) is 26.0. The largest absolute Gasteiger partial charge is 0.507 e. The number of H-pyrrole nitrogens is 1. The van der Waals surface area contributed by atoms with Gasteiger partial charge in [-0.25, -0.2) is 10.2 Å². The SMILES string of the molecule is Cn1c(=O)[nH]c(=O)c2c1nc(N/N=C/c1cc(Br)ccc1O)n2C[C@H](O)COc1ccc(Cl)cc1Cl. The topological polar surface area (TPSA) is 147 Å². The number of halogens is 3. The maximum Gasteiger partial charge on any atom is 0.329 e. The number of rotatable bonds is 8. The first-order chi connectivity index (χ1) is 17.1. The number of nitrogens with one attached hydrogen (secondary N) is 2. The van der Waals surface area contributed by atoms with Crippen molar-refractivity contribution >= 4 is 62.5 Å². The van der Waals surface area contributed by atoms with Crippen LogP contribution in [-0.2, 0) is 13.6 Å². The number of aromatic amines is 1. The van der Waals surface area contributed by atoms with Gasteiger partial charge in [-0.2, -0.15) is 10.1 Å². The second-order valence-electron chi connectivity index (χ2n) is 7.65. The van der Waals surface area contributed by atoms with E-state index in [9.17, 15) is 19.8 Å². The molecule has 0 fully saturated rings. The standard InChI is InChI=1S/C22H19BrCl2N6O5/c1-30-19-18(20(34)28-22(30)35)31(9-14(32)10-36-17-5-3-13(24)7-15(17)25)21(27-19)29-26-8-11-6-12(23)2-4-16(11)33/h2-8,14,32-33H,9-10H2,1H3,(H,27,29)(H,28,34,35)/b26-8+/t14-/m0/s1. The van der Waals surface area contributed by atoms with Gasteiger partial charge in [-0.1, -0.05) is 39.1 Å². The number of phenols is 1. The van der Waals surface area contributed by atoms with Crippen molar-refractivity contribution in [3.63, 3.8) is 0 Å². The summed E-state index contributed by atoms with van der Waals surface area (Å²) in [7, 11) is 1.45. The molecule has 188 valence electrons. The number of aromatic nitrogens is 4. The summed E-state index contributed by atoms with van der Waals surface area (Å²) in [6.07, 6.45) is 0.249. The second-order valence-corrected chi connectivity index (χ2v) is 9.41. The van der Waals surface area contributed by atoms with Gasteiger partial charge in [0.1, 0.15) is 24.2 Å². The molecule has 2 aromatic heterocycles. The molecule has 0 unspecified atom stereocenters. The molecular weight excluding hydrogens is 579 g/mol. The highest BCUT2D eigenvalue weighted by Crippen LogP contribution is 2.28. The number of hydrazone groups is 1. The van der Waals surface area contributed by atoms with Gasteiger partial charge in [0.2, 0.25) is 5.95 Å². The van der Waals surface area contributed by atoms with Crippen molar-refractivity contribution in [1.82, 2.24) is 19.1 Å². The maximum atomic E-state index is 12.6. The van der Waals surface area contributed by atoms with Gasteiger partial charge in [-0.3, -0.25) is 14.3 Å². The summed E-state index contributed by atoms with van der Waals surface area (Å²) < 4.78 is 8.87. The highest BCUT2D eigenvalue weighted by molar-refractivity contribution is 9.10. The van der Waals surface area contributed by atoms with Crippen LogP contribution in [-0.4, -0.2) is 48.2 Å². The van der Waals surface area contributed by atoms with Crippen LogP contribution in [0.1, 0.15) is 5.56 Å². The van der Waals surface area contributed by atoms with Crippen LogP contribution in [0.25, 0.3) is 11.2 Å². The Morgan fingerprint density at radius 1 is 1.28 bits per heavy atom. The quantitative estimate of drug-likeness (QED) is 0.180. The number of phenolic OH excluding ortho intramolecular Hbond substituents is 1. The van der Waals surface area contributed by atoms with Gasteiger partial charge >= 0.3 is 5.69 Å². The fourth-order valence-electron chi connectivity index (χ4n) is 3.33. The lowest BCUT2D eigenvalue weighted by molar-refractivity contribution is 0.0939. The minimum Gasteiger partial charge on any atom is -0.507 e. The Balaban J connectivity index is 1.63. The molecule has 0 radical (unpaired) electrons. The molecule has 0 spiro atoms. The van der Waals surface area contributed by atoms with E-state index in [1.165, 1.54) is 34.5 Å². The maximum absolute atomic E-state index is 12.6. The predicted octanol–water partition coefficient (Wildman–Crippen LogP) is 3.08. The van der Waals surface area contributed by atoms with Crippen LogP contribution in [0.15, 0.2) is 55.6 Å². The minimum absolute atomic E-state index is 0.00419. The summed E-state index contributed by atoms with van der Waals surface area (Å²) in [6, 6.07) is 9.51. The van der Waals surface area contributed by atoms with Gasteiger partial charge in [0.15, 0.2) is 11.2 Å². The third-order valence-electron chi connectivity index (χ3n) is 5.08. The normalized spacial score (nSPS) is 12.4. The van der Waals surface area contributed by atoms with Crippen molar-refractivity contribution in [1.29, 1.82) is 0 Å². The van der Waals surface area contributed by atoms with Crippen LogP contribution in [0, 0.1) is 0 Å². The number of aryl methyl sites for hydroxylation is 1. The van der Waals surface area contributed by atoms with E-state index in [4.69, 9.17) is 27.9 Å². The Morgan fingerprint density at radius 2 is 2.06 bits per heavy atom. The third kappa shape index (κ3) is 5.57. The van der Waals surface area contributed by atoms with Crippen LogP contribution in [0.2, 0.25) is 10.0 Å². The van der Waals surface area contributed by atoms with Crippen molar-refractivity contribution in [2.45, 2.75) is 12.6 Å². The summed E-state index contributed by atoms with van der Waals surface area (Å²) in [4.78, 5) is 31.2. The van der Waals surface area contributed by atoms with E-state index in [2.05, 4.69) is 36.4 Å². The fraction of sp³-hybridized carbons (Fsp3) is 0.182. The van der Waals surface area contributed by atoms with Gasteiger partial charge in [0, 0.05) is 22.1 Å². The van der Waals surface area contributed by atoms with Gasteiger partial charge in [0.05, 0.1) is 17.8 Å². The number of aliphatic hydroxyl groups is 1. The third-order valence-corrected chi connectivity index (χ3v) is 6.11. The highest BCUT2D eigenvalue weighted by atomic mass is 79.9. The molecule has 0 amide bonds. The van der Waals surface area contributed by atoms with E-state index in [1.54, 1.807) is 24.3 Å². The number of aromatic hydroxyl groups is 1. The Hall–Kier alpha value is -3.32. The van der Waals surface area contributed by atoms with Crippen LogP contribution >= 0.6 is 39.1 Å². The fourth-order valence-corrected chi connectivity index (χ4v) is 4.17. The number of hydrogen-bond donors (Lipinski definition) is 4. The van der Waals surface area contributed by atoms with Crippen LogP contribution in [0.4, 0.5) is 5.95 Å². The second kappa shape index (κ2) is 10.7. The number of hydrogen-bond acceptors (Lipinski definition) is 8. The Morgan fingerprint density at radius 3 is 2.81 bits per heavy atom. The van der Waals surface area contributed by atoms with Crippen molar-refractivity contribution in [2.24, 2.45) is 12.1 Å². The van der Waals surface area contributed by atoms with Crippen molar-refractivity contribution < 1.29 is 14.9 Å². The highest BCUT2D eigenvalue weighted by Gasteiger charge is 2.20. The Bertz CT molecular complexity index is 1580.